The summed E-state index contributed by atoms with van der Waals surface area (Å²) in [7, 11) is 0. The number of rotatable bonds is 5. The zero-order valence-corrected chi connectivity index (χ0v) is 15.1. The summed E-state index contributed by atoms with van der Waals surface area (Å²) in [5.41, 5.74) is 17.2. The minimum absolute atomic E-state index is 0.125. The van der Waals surface area contributed by atoms with Crippen LogP contribution in [-0.2, 0) is 11.3 Å². The zero-order valence-electron chi connectivity index (χ0n) is 15.1. The summed E-state index contributed by atoms with van der Waals surface area (Å²) in [5.74, 6) is 0.648. The molecule has 0 saturated carbocycles. The summed E-state index contributed by atoms with van der Waals surface area (Å²) < 4.78 is 0. The van der Waals surface area contributed by atoms with Crippen molar-refractivity contribution in [1.82, 2.24) is 9.88 Å². The molecule has 2 heterocycles. The maximum atomic E-state index is 11.8. The first-order valence-electron chi connectivity index (χ1n) is 8.42. The van der Waals surface area contributed by atoms with Gasteiger partial charge in [0.05, 0.1) is 0 Å². The first-order valence-corrected chi connectivity index (χ1v) is 8.42. The van der Waals surface area contributed by atoms with Crippen molar-refractivity contribution in [3.05, 3.63) is 46.2 Å². The van der Waals surface area contributed by atoms with Crippen molar-refractivity contribution in [3.63, 3.8) is 0 Å². The average Bonchev–Trinajstić information content (AvgIpc) is 2.51. The van der Waals surface area contributed by atoms with Crippen LogP contribution in [0.15, 0.2) is 35.1 Å². The van der Waals surface area contributed by atoms with E-state index >= 15 is 0 Å². The minimum Gasteiger partial charge on any atom is -0.383 e. The van der Waals surface area contributed by atoms with Gasteiger partial charge in [0.2, 0.25) is 0 Å². The SMILES string of the molecule is C/C=C(/C(C)=O)C1=C(C)CN(Cc2cnc(N)c(C(C)N)c2)CC1. The van der Waals surface area contributed by atoms with E-state index in [2.05, 4.69) is 22.9 Å². The molecule has 1 aromatic rings. The Bertz CT molecular complexity index is 689. The molecule has 0 bridgehead atoms. The van der Waals surface area contributed by atoms with E-state index in [1.54, 1.807) is 6.92 Å². The molecule has 0 saturated heterocycles. The molecule has 1 unspecified atom stereocenters. The number of Topliss-reactive ketones (excluding diaryl/α,β-unsaturated/α-hetero) is 1. The average molecular weight is 328 g/mol. The Balaban J connectivity index is 2.14. The van der Waals surface area contributed by atoms with Gasteiger partial charge < -0.3 is 11.5 Å². The number of nitrogen functional groups attached to an aromatic ring is 1. The molecular weight excluding hydrogens is 300 g/mol. The molecule has 1 aromatic heterocycles. The molecule has 1 aliphatic rings. The van der Waals surface area contributed by atoms with Crippen molar-refractivity contribution in [2.45, 2.75) is 46.7 Å². The van der Waals surface area contributed by atoms with Crippen LogP contribution < -0.4 is 11.5 Å². The van der Waals surface area contributed by atoms with Crippen LogP contribution in [0, 0.1) is 0 Å². The molecule has 0 fully saturated rings. The summed E-state index contributed by atoms with van der Waals surface area (Å²) in [6.07, 6.45) is 4.64. The Hall–Kier alpha value is -1.98. The van der Waals surface area contributed by atoms with E-state index in [-0.39, 0.29) is 11.8 Å². The maximum absolute atomic E-state index is 11.8. The van der Waals surface area contributed by atoms with Crippen LogP contribution in [0.1, 0.15) is 51.3 Å². The molecular formula is C19H28N4O. The van der Waals surface area contributed by atoms with Gasteiger partial charge in [0.15, 0.2) is 5.78 Å². The summed E-state index contributed by atoms with van der Waals surface area (Å²) in [5, 5.41) is 0. The summed E-state index contributed by atoms with van der Waals surface area (Å²) in [6.45, 7) is 10.2. The van der Waals surface area contributed by atoms with Gasteiger partial charge in [0.1, 0.15) is 5.82 Å². The largest absolute Gasteiger partial charge is 0.383 e. The standard InChI is InChI=1S/C19H28N4O/c1-5-16(14(4)24)17-6-7-23(10-12(17)2)11-15-8-18(13(3)20)19(21)22-9-15/h5,8-9,13H,6-7,10-11,20H2,1-4H3,(H2,21,22)/b16-5-. The number of nitrogens with two attached hydrogens (primary N) is 2. The molecule has 0 spiro atoms. The number of hydrogen-bond donors (Lipinski definition) is 2. The van der Waals surface area contributed by atoms with Crippen molar-refractivity contribution in [1.29, 1.82) is 0 Å². The molecule has 0 aliphatic carbocycles. The van der Waals surface area contributed by atoms with E-state index < -0.39 is 0 Å². The highest BCUT2D eigenvalue weighted by Crippen LogP contribution is 2.26. The van der Waals surface area contributed by atoms with Crippen molar-refractivity contribution in [2.24, 2.45) is 5.73 Å². The zero-order chi connectivity index (χ0) is 17.9. The topological polar surface area (TPSA) is 85.2 Å². The van der Waals surface area contributed by atoms with E-state index in [9.17, 15) is 4.79 Å². The molecule has 0 radical (unpaired) electrons. The second-order valence-electron chi connectivity index (χ2n) is 6.58. The Labute approximate surface area is 144 Å². The number of pyridine rings is 1. The summed E-state index contributed by atoms with van der Waals surface area (Å²) >= 11 is 0. The number of hydrogen-bond acceptors (Lipinski definition) is 5. The molecule has 0 aromatic carbocycles. The van der Waals surface area contributed by atoms with Crippen molar-refractivity contribution >= 4 is 11.6 Å². The van der Waals surface area contributed by atoms with Crippen LogP contribution in [0.25, 0.3) is 0 Å². The van der Waals surface area contributed by atoms with Crippen LogP contribution in [-0.4, -0.2) is 28.8 Å². The van der Waals surface area contributed by atoms with Crippen LogP contribution in [0.4, 0.5) is 5.82 Å². The molecule has 0 amide bonds. The predicted molar refractivity (Wildman–Crippen MR) is 98.3 cm³/mol. The van der Waals surface area contributed by atoms with E-state index in [4.69, 9.17) is 11.5 Å². The third-order valence-electron chi connectivity index (χ3n) is 4.55. The third-order valence-corrected chi connectivity index (χ3v) is 4.55. The summed E-state index contributed by atoms with van der Waals surface area (Å²) in [4.78, 5) is 18.4. The van der Waals surface area contributed by atoms with E-state index in [1.165, 1.54) is 11.1 Å². The van der Waals surface area contributed by atoms with Gasteiger partial charge in [-0.2, -0.15) is 0 Å². The van der Waals surface area contributed by atoms with Crippen LogP contribution >= 0.6 is 0 Å². The fraction of sp³-hybridized carbons (Fsp3) is 0.474. The lowest BCUT2D eigenvalue weighted by Crippen LogP contribution is -2.31. The Morgan fingerprint density at radius 3 is 2.75 bits per heavy atom. The minimum atomic E-state index is -0.125. The van der Waals surface area contributed by atoms with Gasteiger partial charge in [0, 0.05) is 43.0 Å². The Morgan fingerprint density at radius 2 is 2.21 bits per heavy atom. The third kappa shape index (κ3) is 4.10. The highest BCUT2D eigenvalue weighted by molar-refractivity contribution is 5.97. The van der Waals surface area contributed by atoms with Gasteiger partial charge in [0.25, 0.3) is 0 Å². The van der Waals surface area contributed by atoms with Gasteiger partial charge in [-0.1, -0.05) is 11.6 Å². The number of ketones is 1. The monoisotopic (exact) mass is 328 g/mol. The smallest absolute Gasteiger partial charge is 0.159 e. The van der Waals surface area contributed by atoms with Crippen molar-refractivity contribution in [3.8, 4) is 0 Å². The van der Waals surface area contributed by atoms with E-state index in [0.717, 1.165) is 42.8 Å². The fourth-order valence-corrected chi connectivity index (χ4v) is 3.33. The first kappa shape index (κ1) is 18.4. The molecule has 1 aliphatic heterocycles. The van der Waals surface area contributed by atoms with Crippen molar-refractivity contribution in [2.75, 3.05) is 18.8 Å². The van der Waals surface area contributed by atoms with E-state index in [1.807, 2.05) is 26.1 Å². The predicted octanol–water partition coefficient (Wildman–Crippen LogP) is 2.74. The second kappa shape index (κ2) is 7.73. The number of allylic oxidation sites excluding steroid dienone is 2. The molecule has 24 heavy (non-hydrogen) atoms. The van der Waals surface area contributed by atoms with Gasteiger partial charge in [-0.3, -0.25) is 9.69 Å². The van der Waals surface area contributed by atoms with Crippen LogP contribution in [0.3, 0.4) is 0 Å². The highest BCUT2D eigenvalue weighted by atomic mass is 16.1. The molecule has 5 nitrogen and oxygen atoms in total. The molecule has 4 N–H and O–H groups in total. The molecule has 1 atom stereocenters. The number of nitrogens with zero attached hydrogens (tertiary/aromatic N) is 2. The lowest BCUT2D eigenvalue weighted by atomic mass is 9.91. The fourth-order valence-electron chi connectivity index (χ4n) is 3.33. The maximum Gasteiger partial charge on any atom is 0.159 e. The van der Waals surface area contributed by atoms with Crippen LogP contribution in [0.2, 0.25) is 0 Å². The van der Waals surface area contributed by atoms with E-state index in [0.29, 0.717) is 5.82 Å². The van der Waals surface area contributed by atoms with Gasteiger partial charge in [-0.05, 0) is 51.3 Å². The second-order valence-corrected chi connectivity index (χ2v) is 6.58. The van der Waals surface area contributed by atoms with Gasteiger partial charge >= 0.3 is 0 Å². The number of aromatic nitrogens is 1. The highest BCUT2D eigenvalue weighted by Gasteiger charge is 2.21. The number of anilines is 1. The molecule has 2 rings (SSSR count). The number of carbonyl (C=O) groups excluding carboxylic acids is 1. The van der Waals surface area contributed by atoms with Crippen LogP contribution in [0.5, 0.6) is 0 Å². The quantitative estimate of drug-likeness (QED) is 0.812. The molecule has 5 heteroatoms. The summed E-state index contributed by atoms with van der Waals surface area (Å²) in [6, 6.07) is 1.92. The van der Waals surface area contributed by atoms with Gasteiger partial charge in [-0.15, -0.1) is 0 Å². The number of carbonyl (C=O) groups is 1. The molecule has 130 valence electrons. The normalized spacial score (nSPS) is 18.0. The lowest BCUT2D eigenvalue weighted by Gasteiger charge is -2.30. The first-order chi connectivity index (χ1) is 11.3. The Kier molecular flexibility index (Phi) is 5.91. The van der Waals surface area contributed by atoms with Gasteiger partial charge in [-0.25, -0.2) is 4.98 Å². The van der Waals surface area contributed by atoms with Crippen molar-refractivity contribution < 1.29 is 4.79 Å². The Morgan fingerprint density at radius 1 is 1.50 bits per heavy atom. The lowest BCUT2D eigenvalue weighted by molar-refractivity contribution is -0.113.